The lowest BCUT2D eigenvalue weighted by Gasteiger charge is -2.02. The number of hydrogen-bond donors (Lipinski definition) is 1. The van der Waals surface area contributed by atoms with Crippen molar-refractivity contribution in [2.24, 2.45) is 0 Å². The van der Waals surface area contributed by atoms with Crippen molar-refractivity contribution in [1.82, 2.24) is 15.0 Å². The molecule has 0 radical (unpaired) electrons. The molecule has 0 unspecified atom stereocenters. The standard InChI is InChI=1S/C10H7BrN4O/c11-7-1-2-14-9(5-7)15-10(16)8-6-12-3-4-13-8/h1-6H,(H,14,15,16). The minimum Gasteiger partial charge on any atom is -0.305 e. The minimum atomic E-state index is -0.335. The van der Waals surface area contributed by atoms with Gasteiger partial charge in [-0.3, -0.25) is 9.78 Å². The number of carbonyl (C=O) groups is 1. The zero-order chi connectivity index (χ0) is 11.4. The number of nitrogens with zero attached hydrogens (tertiary/aromatic N) is 3. The van der Waals surface area contributed by atoms with Crippen molar-refractivity contribution in [1.29, 1.82) is 0 Å². The van der Waals surface area contributed by atoms with Crippen LogP contribution in [0.2, 0.25) is 0 Å². The topological polar surface area (TPSA) is 67.8 Å². The number of nitrogens with one attached hydrogen (secondary N) is 1. The maximum Gasteiger partial charge on any atom is 0.277 e. The van der Waals surface area contributed by atoms with Gasteiger partial charge < -0.3 is 5.32 Å². The van der Waals surface area contributed by atoms with Crippen LogP contribution in [0, 0.1) is 0 Å². The fourth-order valence-corrected chi connectivity index (χ4v) is 1.40. The molecule has 6 heteroatoms. The van der Waals surface area contributed by atoms with Crippen LogP contribution < -0.4 is 5.32 Å². The van der Waals surface area contributed by atoms with E-state index in [4.69, 9.17) is 0 Å². The zero-order valence-corrected chi connectivity index (χ0v) is 9.68. The first-order chi connectivity index (χ1) is 7.75. The Bertz CT molecular complexity index is 503. The lowest BCUT2D eigenvalue weighted by Crippen LogP contribution is -2.14. The molecule has 0 bridgehead atoms. The number of anilines is 1. The summed E-state index contributed by atoms with van der Waals surface area (Å²) in [6, 6.07) is 3.48. The van der Waals surface area contributed by atoms with Crippen LogP contribution in [0.3, 0.4) is 0 Å². The smallest absolute Gasteiger partial charge is 0.277 e. The van der Waals surface area contributed by atoms with Crippen LogP contribution >= 0.6 is 15.9 Å². The molecule has 0 spiro atoms. The van der Waals surface area contributed by atoms with Crippen LogP contribution in [-0.2, 0) is 0 Å². The first-order valence-electron chi connectivity index (χ1n) is 4.44. The van der Waals surface area contributed by atoms with Gasteiger partial charge in [-0.25, -0.2) is 9.97 Å². The summed E-state index contributed by atoms with van der Waals surface area (Å²) >= 11 is 3.29. The van der Waals surface area contributed by atoms with E-state index in [0.717, 1.165) is 4.47 Å². The number of rotatable bonds is 2. The molecule has 2 heterocycles. The second-order valence-corrected chi connectivity index (χ2v) is 3.82. The number of carbonyl (C=O) groups excluding carboxylic acids is 1. The number of halogens is 1. The highest BCUT2D eigenvalue weighted by Crippen LogP contribution is 2.13. The summed E-state index contributed by atoms with van der Waals surface area (Å²) in [5.74, 6) is 0.128. The minimum absolute atomic E-state index is 0.254. The first kappa shape index (κ1) is 10.7. The van der Waals surface area contributed by atoms with Gasteiger partial charge in [-0.05, 0) is 12.1 Å². The Hall–Kier alpha value is -1.82. The second kappa shape index (κ2) is 4.80. The molecule has 1 N–H and O–H groups in total. The van der Waals surface area contributed by atoms with Gasteiger partial charge in [0, 0.05) is 23.1 Å². The molecule has 0 saturated carbocycles. The van der Waals surface area contributed by atoms with Crippen LogP contribution in [0.5, 0.6) is 0 Å². The summed E-state index contributed by atoms with van der Waals surface area (Å²) in [7, 11) is 0. The molecule has 2 aromatic rings. The maximum atomic E-state index is 11.7. The number of pyridine rings is 1. The Labute approximate surface area is 100 Å². The highest BCUT2D eigenvalue weighted by atomic mass is 79.9. The summed E-state index contributed by atoms with van der Waals surface area (Å²) in [5, 5.41) is 2.62. The fourth-order valence-electron chi connectivity index (χ4n) is 1.07. The van der Waals surface area contributed by atoms with E-state index >= 15 is 0 Å². The molecule has 0 aliphatic carbocycles. The molecule has 5 nitrogen and oxygen atoms in total. The average Bonchev–Trinajstić information content (AvgIpc) is 2.30. The van der Waals surface area contributed by atoms with Gasteiger partial charge in [0.25, 0.3) is 5.91 Å². The number of hydrogen-bond acceptors (Lipinski definition) is 4. The lowest BCUT2D eigenvalue weighted by molar-refractivity contribution is 0.102. The molecule has 0 saturated heterocycles. The van der Waals surface area contributed by atoms with Gasteiger partial charge in [-0.1, -0.05) is 15.9 Å². The van der Waals surface area contributed by atoms with Gasteiger partial charge in [0.2, 0.25) is 0 Å². The SMILES string of the molecule is O=C(Nc1cc(Br)ccn1)c1cnccn1. The number of amides is 1. The summed E-state index contributed by atoms with van der Waals surface area (Å²) in [4.78, 5) is 23.3. The molecule has 0 aliphatic rings. The summed E-state index contributed by atoms with van der Waals surface area (Å²) in [6.45, 7) is 0. The predicted molar refractivity (Wildman–Crippen MR) is 61.9 cm³/mol. The molecule has 2 aromatic heterocycles. The van der Waals surface area contributed by atoms with Crippen LogP contribution in [0.1, 0.15) is 10.5 Å². The maximum absolute atomic E-state index is 11.7. The Morgan fingerprint density at radius 2 is 2.12 bits per heavy atom. The normalized spacial score (nSPS) is 9.81. The van der Waals surface area contributed by atoms with E-state index in [1.54, 1.807) is 18.3 Å². The fraction of sp³-hybridized carbons (Fsp3) is 0. The van der Waals surface area contributed by atoms with E-state index in [-0.39, 0.29) is 11.6 Å². The molecule has 1 amide bonds. The van der Waals surface area contributed by atoms with E-state index in [1.165, 1.54) is 18.6 Å². The second-order valence-electron chi connectivity index (χ2n) is 2.90. The van der Waals surface area contributed by atoms with Gasteiger partial charge in [0.1, 0.15) is 11.5 Å². The third-order valence-corrected chi connectivity index (χ3v) is 2.25. The van der Waals surface area contributed by atoms with Crippen molar-refractivity contribution < 1.29 is 4.79 Å². The molecule has 0 atom stereocenters. The van der Waals surface area contributed by atoms with Crippen LogP contribution in [-0.4, -0.2) is 20.9 Å². The lowest BCUT2D eigenvalue weighted by atomic mass is 10.4. The summed E-state index contributed by atoms with van der Waals surface area (Å²) in [6.07, 6.45) is 5.96. The highest BCUT2D eigenvalue weighted by molar-refractivity contribution is 9.10. The van der Waals surface area contributed by atoms with Crippen molar-refractivity contribution in [2.45, 2.75) is 0 Å². The molecule has 2 rings (SSSR count). The van der Waals surface area contributed by atoms with Gasteiger partial charge in [0.05, 0.1) is 6.20 Å². The van der Waals surface area contributed by atoms with Crippen LogP contribution in [0.25, 0.3) is 0 Å². The van der Waals surface area contributed by atoms with Crippen molar-refractivity contribution in [3.8, 4) is 0 Å². The van der Waals surface area contributed by atoms with Crippen molar-refractivity contribution >= 4 is 27.7 Å². The van der Waals surface area contributed by atoms with Gasteiger partial charge in [-0.2, -0.15) is 0 Å². The van der Waals surface area contributed by atoms with Crippen molar-refractivity contribution in [3.63, 3.8) is 0 Å². The van der Waals surface area contributed by atoms with Gasteiger partial charge >= 0.3 is 0 Å². The van der Waals surface area contributed by atoms with Crippen molar-refractivity contribution in [2.75, 3.05) is 5.32 Å². The van der Waals surface area contributed by atoms with E-state index in [9.17, 15) is 4.79 Å². The average molecular weight is 279 g/mol. The van der Waals surface area contributed by atoms with E-state index < -0.39 is 0 Å². The summed E-state index contributed by atoms with van der Waals surface area (Å²) < 4.78 is 0.844. The Morgan fingerprint density at radius 1 is 1.25 bits per heavy atom. The summed E-state index contributed by atoms with van der Waals surface area (Å²) in [5.41, 5.74) is 0.254. The van der Waals surface area contributed by atoms with Crippen LogP contribution in [0.15, 0.2) is 41.4 Å². The molecule has 16 heavy (non-hydrogen) atoms. The highest BCUT2D eigenvalue weighted by Gasteiger charge is 2.07. The van der Waals surface area contributed by atoms with Gasteiger partial charge in [-0.15, -0.1) is 0 Å². The Kier molecular flexibility index (Phi) is 3.21. The third-order valence-electron chi connectivity index (χ3n) is 1.76. The molecule has 0 fully saturated rings. The Morgan fingerprint density at radius 3 is 2.81 bits per heavy atom. The zero-order valence-electron chi connectivity index (χ0n) is 8.09. The monoisotopic (exact) mass is 278 g/mol. The molecular weight excluding hydrogens is 272 g/mol. The molecule has 80 valence electrons. The van der Waals surface area contributed by atoms with E-state index in [0.29, 0.717) is 5.82 Å². The van der Waals surface area contributed by atoms with Gasteiger partial charge in [0.15, 0.2) is 0 Å². The number of aromatic nitrogens is 3. The molecule has 0 aliphatic heterocycles. The third kappa shape index (κ3) is 2.60. The van der Waals surface area contributed by atoms with Crippen molar-refractivity contribution in [3.05, 3.63) is 47.1 Å². The predicted octanol–water partition coefficient (Wildman–Crippen LogP) is 1.89. The molecule has 0 aromatic carbocycles. The molecular formula is C10H7BrN4O. The largest absolute Gasteiger partial charge is 0.305 e. The Balaban J connectivity index is 2.14. The van der Waals surface area contributed by atoms with E-state index in [1.807, 2.05) is 0 Å². The van der Waals surface area contributed by atoms with Crippen LogP contribution in [0.4, 0.5) is 5.82 Å². The van der Waals surface area contributed by atoms with E-state index in [2.05, 4.69) is 36.2 Å². The quantitative estimate of drug-likeness (QED) is 0.911. The first-order valence-corrected chi connectivity index (χ1v) is 5.24.